The van der Waals surface area contributed by atoms with Gasteiger partial charge in [-0.3, -0.25) is 25.8 Å². The molecular formula is C23H43N7O2. The van der Waals surface area contributed by atoms with Gasteiger partial charge in [0.1, 0.15) is 6.29 Å². The maximum Gasteiger partial charge on any atom is 0.226 e. The molecule has 0 spiro atoms. The second-order valence-corrected chi connectivity index (χ2v) is 10.6. The van der Waals surface area contributed by atoms with Crippen LogP contribution in [0.4, 0.5) is 0 Å². The molecule has 9 heteroatoms. The van der Waals surface area contributed by atoms with Gasteiger partial charge in [-0.05, 0) is 64.5 Å². The Labute approximate surface area is 192 Å². The summed E-state index contributed by atoms with van der Waals surface area (Å²) in [6, 6.07) is 1.03. The third kappa shape index (κ3) is 4.99. The van der Waals surface area contributed by atoms with Gasteiger partial charge < -0.3 is 15.4 Å². The minimum atomic E-state index is -0.0698. The molecule has 0 aromatic carbocycles. The summed E-state index contributed by atoms with van der Waals surface area (Å²) >= 11 is 0. The number of ether oxygens (including phenoxy) is 1. The van der Waals surface area contributed by atoms with E-state index in [4.69, 9.17) is 4.74 Å². The predicted octanol–water partition coefficient (Wildman–Crippen LogP) is -0.729. The first-order chi connectivity index (χ1) is 15.6. The lowest BCUT2D eigenvalue weighted by atomic mass is 9.87. The molecule has 9 nitrogen and oxygen atoms in total. The number of nitrogens with one attached hydrogen (secondary N) is 5. The summed E-state index contributed by atoms with van der Waals surface area (Å²) in [5, 5.41) is 16.5. The van der Waals surface area contributed by atoms with Crippen molar-refractivity contribution in [3.8, 4) is 0 Å². The number of carbonyl (C=O) groups is 1. The minimum Gasteiger partial charge on any atom is -0.376 e. The molecule has 0 aromatic heterocycles. The van der Waals surface area contributed by atoms with Gasteiger partial charge in [-0.1, -0.05) is 0 Å². The lowest BCUT2D eigenvalue weighted by molar-refractivity contribution is -0.137. The SMILES string of the molecule is CCOC1CN2NC(C)CC2CC1C(=O)NC1CNC(N2CC[C@@H]3CNC[C@@H]3CC2)NC1. The van der Waals surface area contributed by atoms with Crippen LogP contribution >= 0.6 is 0 Å². The number of likely N-dealkylation sites (tertiary alicyclic amines) is 1. The zero-order chi connectivity index (χ0) is 22.1. The van der Waals surface area contributed by atoms with E-state index in [9.17, 15) is 4.79 Å². The number of carbonyl (C=O) groups excluding carboxylic acids is 1. The number of hydrogen-bond donors (Lipinski definition) is 5. The summed E-state index contributed by atoms with van der Waals surface area (Å²) in [6.45, 7) is 12.0. The summed E-state index contributed by atoms with van der Waals surface area (Å²) in [4.78, 5) is 15.8. The Balaban J connectivity index is 1.11. The predicted molar refractivity (Wildman–Crippen MR) is 124 cm³/mol. The first kappa shape index (κ1) is 23.0. The Hall–Kier alpha value is -0.810. The molecule has 0 aliphatic carbocycles. The third-order valence-electron chi connectivity index (χ3n) is 8.40. The van der Waals surface area contributed by atoms with Crippen molar-refractivity contribution in [2.75, 3.05) is 52.4 Å². The Morgan fingerprint density at radius 1 is 1.06 bits per heavy atom. The Bertz CT molecular complexity index is 630. The van der Waals surface area contributed by atoms with Crippen LogP contribution in [0.25, 0.3) is 0 Å². The number of hydrogen-bond acceptors (Lipinski definition) is 8. The maximum absolute atomic E-state index is 13.3. The number of fused-ring (bicyclic) bond motifs is 2. The Kier molecular flexibility index (Phi) is 7.33. The van der Waals surface area contributed by atoms with Crippen molar-refractivity contribution in [3.63, 3.8) is 0 Å². The van der Waals surface area contributed by atoms with Crippen molar-refractivity contribution in [1.82, 2.24) is 36.6 Å². The largest absolute Gasteiger partial charge is 0.376 e. The first-order valence-electron chi connectivity index (χ1n) is 13.0. The van der Waals surface area contributed by atoms with Gasteiger partial charge in [0.2, 0.25) is 5.91 Å². The molecule has 5 aliphatic rings. The molecule has 1 amide bonds. The molecule has 0 saturated carbocycles. The zero-order valence-electron chi connectivity index (χ0n) is 19.8. The zero-order valence-corrected chi connectivity index (χ0v) is 19.8. The van der Waals surface area contributed by atoms with E-state index in [0.717, 1.165) is 57.4 Å². The molecule has 0 radical (unpaired) electrons. The second kappa shape index (κ2) is 10.2. The molecule has 5 N–H and O–H groups in total. The average molecular weight is 450 g/mol. The smallest absolute Gasteiger partial charge is 0.226 e. The fraction of sp³-hybridized carbons (Fsp3) is 0.957. The summed E-state index contributed by atoms with van der Waals surface area (Å²) < 4.78 is 6.00. The van der Waals surface area contributed by atoms with Crippen LogP contribution in [-0.2, 0) is 9.53 Å². The van der Waals surface area contributed by atoms with Crippen LogP contribution in [-0.4, -0.2) is 98.8 Å². The fourth-order valence-electron chi connectivity index (χ4n) is 6.64. The van der Waals surface area contributed by atoms with Crippen LogP contribution in [0.1, 0.15) is 39.5 Å². The average Bonchev–Trinajstić information content (AvgIpc) is 3.33. The highest BCUT2D eigenvalue weighted by Crippen LogP contribution is 2.31. The van der Waals surface area contributed by atoms with Crippen LogP contribution in [0.3, 0.4) is 0 Å². The van der Waals surface area contributed by atoms with Gasteiger partial charge in [0, 0.05) is 51.4 Å². The monoisotopic (exact) mass is 449 g/mol. The Morgan fingerprint density at radius 2 is 1.78 bits per heavy atom. The van der Waals surface area contributed by atoms with Gasteiger partial charge in [0.25, 0.3) is 0 Å². The highest BCUT2D eigenvalue weighted by atomic mass is 16.5. The van der Waals surface area contributed by atoms with E-state index < -0.39 is 0 Å². The van der Waals surface area contributed by atoms with E-state index >= 15 is 0 Å². The van der Waals surface area contributed by atoms with Crippen molar-refractivity contribution < 1.29 is 9.53 Å². The molecule has 5 aliphatic heterocycles. The summed E-state index contributed by atoms with van der Waals surface area (Å²) in [6.07, 6.45) is 4.71. The molecule has 182 valence electrons. The molecule has 6 atom stereocenters. The van der Waals surface area contributed by atoms with Crippen LogP contribution < -0.4 is 26.7 Å². The van der Waals surface area contributed by atoms with Crippen molar-refractivity contribution in [2.45, 2.75) is 70.0 Å². The molecule has 5 heterocycles. The third-order valence-corrected chi connectivity index (χ3v) is 8.40. The van der Waals surface area contributed by atoms with Gasteiger partial charge in [0.05, 0.1) is 18.1 Å². The molecule has 5 saturated heterocycles. The molecule has 0 bridgehead atoms. The molecule has 5 rings (SSSR count). The molecule has 5 fully saturated rings. The standard InChI is InChI=1S/C23H43N7O2/c1-3-32-21-14-30-19(8-15(2)28-30)9-20(21)22(31)27-18-12-25-23(26-13-18)29-6-4-16-10-24-11-17(16)5-7-29/h15-21,23-26,28H,3-14H2,1-2H3,(H,27,31)/t15?,16-,17+,18?,19?,20?,21?,23?. The number of hydrazine groups is 1. The van der Waals surface area contributed by atoms with Crippen LogP contribution in [0.15, 0.2) is 0 Å². The van der Waals surface area contributed by atoms with E-state index in [-0.39, 0.29) is 30.3 Å². The van der Waals surface area contributed by atoms with Crippen LogP contribution in [0.2, 0.25) is 0 Å². The fourth-order valence-corrected chi connectivity index (χ4v) is 6.64. The van der Waals surface area contributed by atoms with Crippen molar-refractivity contribution in [3.05, 3.63) is 0 Å². The van der Waals surface area contributed by atoms with E-state index in [1.165, 1.54) is 25.9 Å². The van der Waals surface area contributed by atoms with E-state index in [1.54, 1.807) is 0 Å². The lowest BCUT2D eigenvalue weighted by Gasteiger charge is -2.41. The topological polar surface area (TPSA) is 92.9 Å². The van der Waals surface area contributed by atoms with Gasteiger partial charge in [-0.25, -0.2) is 5.01 Å². The first-order valence-corrected chi connectivity index (χ1v) is 13.0. The molecule has 4 unspecified atom stereocenters. The number of amides is 1. The van der Waals surface area contributed by atoms with Crippen molar-refractivity contribution in [1.29, 1.82) is 0 Å². The van der Waals surface area contributed by atoms with E-state index in [0.29, 0.717) is 18.7 Å². The molecular weight excluding hydrogens is 406 g/mol. The van der Waals surface area contributed by atoms with Gasteiger partial charge in [-0.2, -0.15) is 0 Å². The van der Waals surface area contributed by atoms with Gasteiger partial charge in [0.15, 0.2) is 0 Å². The number of nitrogens with zero attached hydrogens (tertiary/aromatic N) is 2. The minimum absolute atomic E-state index is 0.0441. The second-order valence-electron chi connectivity index (χ2n) is 10.6. The number of piperidine rings is 1. The van der Waals surface area contributed by atoms with Crippen molar-refractivity contribution >= 4 is 5.91 Å². The molecule has 32 heavy (non-hydrogen) atoms. The normalized spacial score (nSPS) is 43.4. The van der Waals surface area contributed by atoms with Gasteiger partial charge >= 0.3 is 0 Å². The highest BCUT2D eigenvalue weighted by Gasteiger charge is 2.44. The quantitative estimate of drug-likeness (QED) is 0.375. The van der Waals surface area contributed by atoms with Gasteiger partial charge in [-0.15, -0.1) is 0 Å². The Morgan fingerprint density at radius 3 is 2.47 bits per heavy atom. The number of rotatable bonds is 5. The summed E-state index contributed by atoms with van der Waals surface area (Å²) in [5.41, 5.74) is 3.53. The van der Waals surface area contributed by atoms with Crippen LogP contribution in [0, 0.1) is 17.8 Å². The summed E-state index contributed by atoms with van der Waals surface area (Å²) in [7, 11) is 0. The maximum atomic E-state index is 13.3. The summed E-state index contributed by atoms with van der Waals surface area (Å²) in [5.74, 6) is 1.78. The molecule has 0 aromatic rings. The van der Waals surface area contributed by atoms with Crippen molar-refractivity contribution in [2.24, 2.45) is 17.8 Å². The van der Waals surface area contributed by atoms with E-state index in [1.807, 2.05) is 6.92 Å². The lowest BCUT2D eigenvalue weighted by Crippen LogP contribution is -2.66. The highest BCUT2D eigenvalue weighted by molar-refractivity contribution is 5.80. The van der Waals surface area contributed by atoms with Crippen LogP contribution in [0.5, 0.6) is 0 Å². The van der Waals surface area contributed by atoms with E-state index in [2.05, 4.69) is 43.5 Å².